The molecule has 0 unspecified atom stereocenters. The number of aryl methyl sites for hydroxylation is 1. The summed E-state index contributed by atoms with van der Waals surface area (Å²) in [4.78, 5) is 83.2. The van der Waals surface area contributed by atoms with Gasteiger partial charge in [-0.1, -0.05) is 44.2 Å². The van der Waals surface area contributed by atoms with Gasteiger partial charge >= 0.3 is 30.0 Å². The van der Waals surface area contributed by atoms with E-state index in [9.17, 15) is 39.3 Å². The van der Waals surface area contributed by atoms with Gasteiger partial charge in [-0.15, -0.1) is 0 Å². The first-order chi connectivity index (χ1) is 27.9. The second kappa shape index (κ2) is 16.0. The maximum absolute atomic E-state index is 15.5. The molecule has 1 saturated heterocycles. The van der Waals surface area contributed by atoms with E-state index in [4.69, 9.17) is 28.4 Å². The van der Waals surface area contributed by atoms with E-state index in [2.05, 4.69) is 5.32 Å². The number of ether oxygens (including phenoxy) is 6. The summed E-state index contributed by atoms with van der Waals surface area (Å²) in [5.41, 5.74) is -7.85. The van der Waals surface area contributed by atoms with E-state index < -0.39 is 118 Å². The first kappa shape index (κ1) is 44.9. The van der Waals surface area contributed by atoms with Gasteiger partial charge < -0.3 is 49.1 Å². The molecule has 0 radical (unpaired) electrons. The van der Waals surface area contributed by atoms with Gasteiger partial charge in [0.25, 0.3) is 0 Å². The smallest absolute Gasteiger partial charge is 0.407 e. The number of aliphatic hydroxyl groups is 3. The molecule has 1 aromatic carbocycles. The molecule has 2 saturated carbocycles. The van der Waals surface area contributed by atoms with E-state index in [1.165, 1.54) is 13.8 Å². The largest absolute Gasteiger partial charge is 0.456 e. The zero-order valence-corrected chi connectivity index (χ0v) is 35.6. The summed E-state index contributed by atoms with van der Waals surface area (Å²) in [5, 5.41) is 39.9. The Morgan fingerprint density at radius 1 is 0.967 bits per heavy atom. The Morgan fingerprint density at radius 3 is 2.27 bits per heavy atom. The van der Waals surface area contributed by atoms with Crippen LogP contribution in [-0.2, 0) is 54.0 Å². The van der Waals surface area contributed by atoms with Crippen LogP contribution >= 0.6 is 0 Å². The number of amides is 1. The van der Waals surface area contributed by atoms with Gasteiger partial charge in [0.2, 0.25) is 0 Å². The summed E-state index contributed by atoms with van der Waals surface area (Å²) in [7, 11) is 0. The minimum atomic E-state index is -2.37. The number of aliphatic hydroxyl groups excluding tert-OH is 2. The normalized spacial score (nSPS) is 37.2. The van der Waals surface area contributed by atoms with Crippen molar-refractivity contribution in [3.63, 3.8) is 0 Å². The van der Waals surface area contributed by atoms with Gasteiger partial charge in [0.1, 0.15) is 29.5 Å². The van der Waals surface area contributed by atoms with Crippen LogP contribution < -0.4 is 5.32 Å². The average Bonchev–Trinajstić information content (AvgIpc) is 3.13. The molecule has 1 aromatic rings. The van der Waals surface area contributed by atoms with E-state index in [-0.39, 0.29) is 36.2 Å². The molecule has 1 amide bonds. The molecular weight excluding hydrogens is 782 g/mol. The Morgan fingerprint density at radius 2 is 1.65 bits per heavy atom. The van der Waals surface area contributed by atoms with Crippen LogP contribution in [0.2, 0.25) is 0 Å². The van der Waals surface area contributed by atoms with Crippen molar-refractivity contribution in [3.05, 3.63) is 58.7 Å². The van der Waals surface area contributed by atoms with Gasteiger partial charge in [0, 0.05) is 32.1 Å². The van der Waals surface area contributed by atoms with Crippen LogP contribution in [0.1, 0.15) is 104 Å². The highest BCUT2D eigenvalue weighted by Gasteiger charge is 2.78. The van der Waals surface area contributed by atoms with Crippen molar-refractivity contribution in [1.29, 1.82) is 0 Å². The first-order valence-corrected chi connectivity index (χ1v) is 20.3. The summed E-state index contributed by atoms with van der Waals surface area (Å²) in [5.74, 6) is -6.16. The predicted octanol–water partition coefficient (Wildman–Crippen LogP) is 3.35. The average molecular weight is 840 g/mol. The second-order valence-corrected chi connectivity index (χ2v) is 18.4. The van der Waals surface area contributed by atoms with Crippen LogP contribution in [0.3, 0.4) is 0 Å². The number of carbonyl (C=O) groups excluding carboxylic acids is 6. The third kappa shape index (κ3) is 7.64. The number of alkyl carbamates (subject to hydrolysis) is 1. The van der Waals surface area contributed by atoms with E-state index in [1.54, 1.807) is 71.0 Å². The zero-order valence-electron chi connectivity index (χ0n) is 35.6. The Kier molecular flexibility index (Phi) is 12.0. The van der Waals surface area contributed by atoms with Gasteiger partial charge in [-0.3, -0.25) is 14.4 Å². The predicted molar refractivity (Wildman–Crippen MR) is 210 cm³/mol. The van der Waals surface area contributed by atoms with Gasteiger partial charge in [-0.25, -0.2) is 14.4 Å². The van der Waals surface area contributed by atoms with E-state index in [1.807, 2.05) is 0 Å². The van der Waals surface area contributed by atoms with Crippen molar-refractivity contribution < 1.29 is 72.5 Å². The standard InChI is InChI=1S/C44H57NO15/c1-22-28-20-44(54)36(34-42(9,29(48)19-30-43(34,21-55-30)59-24(3)47)35(50)33(56-23(2)46)31(22)41(44,7)8)58-37(51)26-17-14-13-16-25(26)15-11-10-12-18-27(32(49)38(52)57-28)45-39(53)60-40(4,5)6/h10,12-14,16-17,27-30,32-34,36,48-49,54H,11,15,18-21H2,1-9H3,(H,45,53)/b12-10+/t27-,28-,29-,30+,32+,33+,34-,36-,42+,43-,44+/m0/s1. The Bertz CT molecular complexity index is 2000. The summed E-state index contributed by atoms with van der Waals surface area (Å²) in [6.45, 7) is 13.0. The molecule has 6 rings (SSSR count). The van der Waals surface area contributed by atoms with E-state index in [0.29, 0.717) is 18.4 Å². The van der Waals surface area contributed by atoms with Crippen molar-refractivity contribution in [2.75, 3.05) is 6.61 Å². The van der Waals surface area contributed by atoms with Crippen molar-refractivity contribution in [1.82, 2.24) is 5.32 Å². The van der Waals surface area contributed by atoms with Gasteiger partial charge in [-0.2, -0.15) is 0 Å². The second-order valence-electron chi connectivity index (χ2n) is 18.4. The molecule has 3 fully saturated rings. The molecular formula is C44H57NO15. The molecule has 3 bridgehead atoms. The van der Waals surface area contributed by atoms with Crippen LogP contribution in [0.4, 0.5) is 4.79 Å². The quantitative estimate of drug-likeness (QED) is 0.194. The van der Waals surface area contributed by atoms with Crippen molar-refractivity contribution in [2.45, 2.75) is 154 Å². The Balaban J connectivity index is 1.62. The molecule has 3 aliphatic carbocycles. The third-order valence-electron chi connectivity index (χ3n) is 13.1. The Hall–Kier alpha value is -4.64. The summed E-state index contributed by atoms with van der Waals surface area (Å²) >= 11 is 0. The highest BCUT2D eigenvalue weighted by molar-refractivity contribution is 5.96. The minimum absolute atomic E-state index is 0.00913. The highest BCUT2D eigenvalue weighted by atomic mass is 16.6. The summed E-state index contributed by atoms with van der Waals surface area (Å²) in [6.07, 6.45) is -7.22. The molecule has 2 heterocycles. The van der Waals surface area contributed by atoms with Gasteiger partial charge in [0.05, 0.1) is 35.6 Å². The number of allylic oxidation sites excluding steroid dienone is 1. The molecule has 2 aliphatic heterocycles. The third-order valence-corrected chi connectivity index (χ3v) is 13.1. The van der Waals surface area contributed by atoms with Gasteiger partial charge in [0.15, 0.2) is 23.6 Å². The molecule has 0 spiro atoms. The number of Topliss-reactive ketones (excluding diaryl/α,β-unsaturated/α-hetero) is 1. The lowest BCUT2D eigenvalue weighted by molar-refractivity contribution is -0.346. The molecule has 60 heavy (non-hydrogen) atoms. The number of esters is 4. The number of carbonyl (C=O) groups is 6. The number of fused-ring (bicyclic) bond motifs is 7. The molecule has 11 atom stereocenters. The molecule has 5 aliphatic rings. The van der Waals surface area contributed by atoms with Crippen LogP contribution in [0, 0.1) is 16.7 Å². The lowest BCUT2D eigenvalue weighted by Gasteiger charge is -2.67. The fourth-order valence-electron chi connectivity index (χ4n) is 10.1. The molecule has 4 N–H and O–H groups in total. The molecule has 16 heteroatoms. The maximum Gasteiger partial charge on any atom is 0.407 e. The number of hydrogen-bond donors (Lipinski definition) is 4. The fraction of sp³-hybridized carbons (Fsp3) is 0.636. The molecule has 16 nitrogen and oxygen atoms in total. The highest BCUT2D eigenvalue weighted by Crippen LogP contribution is 2.64. The number of hydrogen-bond acceptors (Lipinski definition) is 15. The van der Waals surface area contributed by atoms with Gasteiger partial charge in [-0.05, 0) is 76.7 Å². The van der Waals surface area contributed by atoms with Crippen molar-refractivity contribution in [2.24, 2.45) is 16.7 Å². The topological polar surface area (TPSA) is 231 Å². The summed E-state index contributed by atoms with van der Waals surface area (Å²) < 4.78 is 35.8. The van der Waals surface area contributed by atoms with E-state index in [0.717, 1.165) is 13.8 Å². The van der Waals surface area contributed by atoms with Crippen molar-refractivity contribution in [3.8, 4) is 0 Å². The maximum atomic E-state index is 15.5. The lowest BCUT2D eigenvalue weighted by atomic mass is 9.44. The van der Waals surface area contributed by atoms with Crippen LogP contribution in [-0.4, -0.2) is 117 Å². The number of benzene rings is 1. The minimum Gasteiger partial charge on any atom is -0.456 e. The van der Waals surface area contributed by atoms with Crippen LogP contribution in [0.15, 0.2) is 47.6 Å². The monoisotopic (exact) mass is 839 g/mol. The number of ketones is 1. The summed E-state index contributed by atoms with van der Waals surface area (Å²) in [6, 6.07) is 5.41. The first-order valence-electron chi connectivity index (χ1n) is 20.3. The SMILES string of the molecule is CC(=O)O[C@H]1C(=O)[C@@]2(C)[C@H]([C@@H]3OC(=O)c4ccccc4CC/C=C/C[C@H](NC(=O)OC(C)(C)C)[C@@H](O)C(=O)O[C@H]4C[C@]3(O)C(C)(C)C1=C4C)[C@]1(OC(C)=O)CO[C@@H]1C[C@@H]2O. The fourth-order valence-corrected chi connectivity index (χ4v) is 10.1. The molecule has 328 valence electrons. The Labute approximate surface area is 348 Å². The van der Waals surface area contributed by atoms with Crippen LogP contribution in [0.5, 0.6) is 0 Å². The number of nitrogens with one attached hydrogen (secondary N) is 1. The van der Waals surface area contributed by atoms with Crippen molar-refractivity contribution >= 4 is 35.8 Å². The van der Waals surface area contributed by atoms with E-state index >= 15 is 4.79 Å². The lowest BCUT2D eigenvalue weighted by Crippen LogP contribution is -2.82. The van der Waals surface area contributed by atoms with Crippen LogP contribution in [0.25, 0.3) is 0 Å². The molecule has 0 aromatic heterocycles. The zero-order chi connectivity index (χ0) is 44.3. The number of rotatable bonds is 3.